The van der Waals surface area contributed by atoms with Crippen molar-refractivity contribution in [3.05, 3.63) is 83.4 Å². The molecular formula is C30H34N2O6. The van der Waals surface area contributed by atoms with Gasteiger partial charge in [-0.1, -0.05) is 73.6 Å². The summed E-state index contributed by atoms with van der Waals surface area (Å²) in [6.07, 6.45) is 0.217. The number of rotatable bonds is 11. The predicted molar refractivity (Wildman–Crippen MR) is 147 cm³/mol. The highest BCUT2D eigenvalue weighted by molar-refractivity contribution is 6.45. The number of methoxy groups -OCH3 is 3. The largest absolute Gasteiger partial charge is 0.496 e. The van der Waals surface area contributed by atoms with Gasteiger partial charge < -0.3 is 24.4 Å². The fraction of sp³-hybridized carbons (Fsp3) is 0.300. The fourth-order valence-corrected chi connectivity index (χ4v) is 4.08. The SMILES string of the molecule is CON=C(C(=O)N[C@@H](Cc1ccc(-c2c(OC)cccc2OC)cc1)C(=O)OC)c1ccc(C(C)C)cc1. The van der Waals surface area contributed by atoms with Crippen LogP contribution >= 0.6 is 0 Å². The summed E-state index contributed by atoms with van der Waals surface area (Å²) in [5.41, 5.74) is 4.31. The second-order valence-electron chi connectivity index (χ2n) is 8.89. The fourth-order valence-electron chi connectivity index (χ4n) is 4.08. The van der Waals surface area contributed by atoms with Crippen LogP contribution in [0, 0.1) is 0 Å². The van der Waals surface area contributed by atoms with Crippen LogP contribution in [0.3, 0.4) is 0 Å². The smallest absolute Gasteiger partial charge is 0.328 e. The molecule has 0 fully saturated rings. The Hall–Kier alpha value is -4.33. The Morgan fingerprint density at radius 2 is 1.45 bits per heavy atom. The molecule has 0 saturated carbocycles. The normalized spacial score (nSPS) is 12.0. The minimum Gasteiger partial charge on any atom is -0.496 e. The number of esters is 1. The Balaban J connectivity index is 1.83. The van der Waals surface area contributed by atoms with Crippen molar-refractivity contribution in [3.8, 4) is 22.6 Å². The standard InChI is InChI=1S/C30H34N2O6/c1-19(2)21-14-16-23(17-15-21)28(32-38-6)29(33)31-24(30(34)37-5)18-20-10-12-22(13-11-20)27-25(35-3)8-7-9-26(27)36-4/h7-17,19,24H,18H2,1-6H3,(H,31,33)/t24-/m0/s1. The number of carbonyl (C=O) groups excluding carboxylic acids is 2. The summed E-state index contributed by atoms with van der Waals surface area (Å²) in [5, 5.41) is 6.68. The zero-order valence-corrected chi connectivity index (χ0v) is 22.6. The maximum absolute atomic E-state index is 13.2. The Kier molecular flexibility index (Phi) is 9.87. The lowest BCUT2D eigenvalue weighted by molar-refractivity contribution is -0.144. The van der Waals surface area contributed by atoms with E-state index in [1.165, 1.54) is 14.2 Å². The third-order valence-electron chi connectivity index (χ3n) is 6.15. The van der Waals surface area contributed by atoms with Crippen LogP contribution in [0.2, 0.25) is 0 Å². The van der Waals surface area contributed by atoms with Gasteiger partial charge in [0.15, 0.2) is 5.71 Å². The molecule has 3 aromatic carbocycles. The quantitative estimate of drug-likeness (QED) is 0.224. The van der Waals surface area contributed by atoms with Crippen LogP contribution in [0.25, 0.3) is 11.1 Å². The van der Waals surface area contributed by atoms with E-state index >= 15 is 0 Å². The molecule has 200 valence electrons. The molecule has 0 aliphatic heterocycles. The van der Waals surface area contributed by atoms with E-state index in [0.29, 0.717) is 23.0 Å². The zero-order valence-electron chi connectivity index (χ0n) is 22.6. The molecule has 0 spiro atoms. The molecule has 0 bridgehead atoms. The van der Waals surface area contributed by atoms with E-state index in [1.54, 1.807) is 14.2 Å². The Labute approximate surface area is 223 Å². The molecule has 0 radical (unpaired) electrons. The molecule has 0 aromatic heterocycles. The van der Waals surface area contributed by atoms with Crippen molar-refractivity contribution in [2.45, 2.75) is 32.2 Å². The van der Waals surface area contributed by atoms with E-state index in [2.05, 4.69) is 24.3 Å². The number of nitrogens with one attached hydrogen (secondary N) is 1. The van der Waals surface area contributed by atoms with Gasteiger partial charge in [-0.05, 0) is 34.7 Å². The van der Waals surface area contributed by atoms with Gasteiger partial charge in [-0.2, -0.15) is 0 Å². The Morgan fingerprint density at radius 1 is 0.842 bits per heavy atom. The van der Waals surface area contributed by atoms with Gasteiger partial charge in [-0.15, -0.1) is 0 Å². The molecule has 3 rings (SSSR count). The van der Waals surface area contributed by atoms with Crippen LogP contribution in [0.4, 0.5) is 0 Å². The molecule has 0 aliphatic carbocycles. The van der Waals surface area contributed by atoms with Crippen LogP contribution in [0.1, 0.15) is 36.5 Å². The number of carbonyl (C=O) groups is 2. The van der Waals surface area contributed by atoms with Crippen LogP contribution in [-0.4, -0.2) is 52.1 Å². The third kappa shape index (κ3) is 6.70. The first kappa shape index (κ1) is 28.2. The lowest BCUT2D eigenvalue weighted by Gasteiger charge is -2.18. The number of hydrogen-bond acceptors (Lipinski definition) is 7. The van der Waals surface area contributed by atoms with Crippen molar-refractivity contribution in [1.82, 2.24) is 5.32 Å². The van der Waals surface area contributed by atoms with Crippen molar-refractivity contribution in [2.24, 2.45) is 5.16 Å². The minimum atomic E-state index is -0.934. The molecule has 38 heavy (non-hydrogen) atoms. The van der Waals surface area contributed by atoms with E-state index < -0.39 is 17.9 Å². The van der Waals surface area contributed by atoms with Gasteiger partial charge in [0.25, 0.3) is 5.91 Å². The van der Waals surface area contributed by atoms with Crippen molar-refractivity contribution >= 4 is 17.6 Å². The molecule has 1 atom stereocenters. The first-order valence-electron chi connectivity index (χ1n) is 12.2. The topological polar surface area (TPSA) is 95.5 Å². The van der Waals surface area contributed by atoms with E-state index in [4.69, 9.17) is 19.0 Å². The number of ether oxygens (including phenoxy) is 3. The minimum absolute atomic E-state index is 0.0651. The molecule has 8 nitrogen and oxygen atoms in total. The summed E-state index contributed by atoms with van der Waals surface area (Å²) >= 11 is 0. The van der Waals surface area contributed by atoms with Crippen molar-refractivity contribution in [2.75, 3.05) is 28.4 Å². The highest BCUT2D eigenvalue weighted by Gasteiger charge is 2.26. The maximum atomic E-state index is 13.2. The van der Waals surface area contributed by atoms with Crippen molar-refractivity contribution in [1.29, 1.82) is 0 Å². The van der Waals surface area contributed by atoms with E-state index in [9.17, 15) is 9.59 Å². The van der Waals surface area contributed by atoms with Crippen molar-refractivity contribution in [3.63, 3.8) is 0 Å². The first-order valence-corrected chi connectivity index (χ1v) is 12.2. The highest BCUT2D eigenvalue weighted by atomic mass is 16.6. The molecule has 0 aliphatic rings. The van der Waals surface area contributed by atoms with Gasteiger partial charge in [0.2, 0.25) is 0 Å². The summed E-state index contributed by atoms with van der Waals surface area (Å²) in [4.78, 5) is 30.7. The predicted octanol–water partition coefficient (Wildman–Crippen LogP) is 4.75. The number of benzene rings is 3. The van der Waals surface area contributed by atoms with E-state index in [-0.39, 0.29) is 12.1 Å². The van der Waals surface area contributed by atoms with Gasteiger partial charge in [0, 0.05) is 12.0 Å². The number of nitrogens with zero attached hydrogens (tertiary/aromatic N) is 1. The molecule has 0 saturated heterocycles. The molecule has 1 N–H and O–H groups in total. The molecule has 1 amide bonds. The van der Waals surface area contributed by atoms with E-state index in [0.717, 1.165) is 22.3 Å². The average Bonchev–Trinajstić information content (AvgIpc) is 2.95. The summed E-state index contributed by atoms with van der Waals surface area (Å²) < 4.78 is 16.0. The van der Waals surface area contributed by atoms with Gasteiger partial charge in [-0.25, -0.2) is 4.79 Å². The van der Waals surface area contributed by atoms with Gasteiger partial charge in [-0.3, -0.25) is 4.79 Å². The van der Waals surface area contributed by atoms with Crippen LogP contribution < -0.4 is 14.8 Å². The van der Waals surface area contributed by atoms with Crippen LogP contribution in [0.5, 0.6) is 11.5 Å². The van der Waals surface area contributed by atoms with Gasteiger partial charge in [0.05, 0.1) is 26.9 Å². The molecule has 0 heterocycles. The lowest BCUT2D eigenvalue weighted by Crippen LogP contribution is -2.46. The third-order valence-corrected chi connectivity index (χ3v) is 6.15. The summed E-state index contributed by atoms with van der Waals surface area (Å²) in [6, 6.07) is 19.8. The first-order chi connectivity index (χ1) is 18.3. The maximum Gasteiger partial charge on any atom is 0.328 e. The van der Waals surface area contributed by atoms with Crippen LogP contribution in [0.15, 0.2) is 71.9 Å². The summed E-state index contributed by atoms with van der Waals surface area (Å²) in [7, 11) is 5.87. The van der Waals surface area contributed by atoms with Gasteiger partial charge >= 0.3 is 5.97 Å². The summed E-state index contributed by atoms with van der Waals surface area (Å²) in [5.74, 6) is 0.599. The molecular weight excluding hydrogens is 484 g/mol. The van der Waals surface area contributed by atoms with Crippen molar-refractivity contribution < 1.29 is 28.6 Å². The zero-order chi connectivity index (χ0) is 27.7. The number of oxime groups is 1. The Bertz CT molecular complexity index is 1240. The summed E-state index contributed by atoms with van der Waals surface area (Å²) in [6.45, 7) is 4.18. The van der Waals surface area contributed by atoms with E-state index in [1.807, 2.05) is 66.7 Å². The second-order valence-corrected chi connectivity index (χ2v) is 8.89. The number of amides is 1. The van der Waals surface area contributed by atoms with Crippen LogP contribution in [-0.2, 0) is 25.6 Å². The molecule has 8 heteroatoms. The second kappa shape index (κ2) is 13.3. The average molecular weight is 519 g/mol. The lowest BCUT2D eigenvalue weighted by atomic mass is 9.98. The Morgan fingerprint density at radius 3 is 1.95 bits per heavy atom. The molecule has 3 aromatic rings. The molecule has 0 unspecified atom stereocenters. The van der Waals surface area contributed by atoms with Gasteiger partial charge in [0.1, 0.15) is 24.7 Å². The monoisotopic (exact) mass is 518 g/mol. The number of hydrogen-bond donors (Lipinski definition) is 1. The highest BCUT2D eigenvalue weighted by Crippen LogP contribution is 2.38.